The van der Waals surface area contributed by atoms with Gasteiger partial charge in [0, 0.05) is 26.4 Å². The summed E-state index contributed by atoms with van der Waals surface area (Å²) in [4.78, 5) is 23.2. The first kappa shape index (κ1) is 25.0. The Morgan fingerprint density at radius 2 is 1.83 bits per heavy atom. The van der Waals surface area contributed by atoms with Crippen LogP contribution in [0.2, 0.25) is 0 Å². The van der Waals surface area contributed by atoms with E-state index in [0.717, 1.165) is 56.1 Å². The second kappa shape index (κ2) is 14.9. The molecular weight excluding hydrogens is 372 g/mol. The first-order valence-corrected chi connectivity index (χ1v) is 10.6. The number of ether oxygens (including phenoxy) is 3. The molecule has 164 valence electrons. The second-order valence-corrected chi connectivity index (χ2v) is 7.16. The number of aliphatic hydroxyl groups excluding tert-OH is 1. The van der Waals surface area contributed by atoms with Crippen molar-refractivity contribution in [2.75, 3.05) is 13.7 Å². The molecule has 0 bridgehead atoms. The van der Waals surface area contributed by atoms with Gasteiger partial charge in [-0.15, -0.1) is 0 Å². The zero-order chi connectivity index (χ0) is 21.5. The summed E-state index contributed by atoms with van der Waals surface area (Å²) in [6.45, 7) is 3.68. The van der Waals surface area contributed by atoms with Crippen LogP contribution < -0.4 is 4.74 Å². The highest BCUT2D eigenvalue weighted by molar-refractivity contribution is 5.69. The Morgan fingerprint density at radius 1 is 1.07 bits per heavy atom. The summed E-state index contributed by atoms with van der Waals surface area (Å²) in [5.74, 6) is 0.0163. The minimum absolute atomic E-state index is 0.225. The smallest absolute Gasteiger partial charge is 0.305 e. The number of unbranched alkanes of at least 4 members (excludes halogenated alkanes) is 4. The first-order chi connectivity index (χ1) is 14.0. The average Bonchev–Trinajstić information content (AvgIpc) is 2.70. The molecule has 1 rings (SSSR count). The molecule has 0 heterocycles. The van der Waals surface area contributed by atoms with Gasteiger partial charge in [-0.05, 0) is 49.3 Å². The number of benzene rings is 1. The number of rotatable bonds is 15. The van der Waals surface area contributed by atoms with Gasteiger partial charge < -0.3 is 19.3 Å². The van der Waals surface area contributed by atoms with Crippen LogP contribution in [0.5, 0.6) is 5.75 Å². The monoisotopic (exact) mass is 408 g/mol. The van der Waals surface area contributed by atoms with Crippen LogP contribution in [0.3, 0.4) is 0 Å². The molecule has 29 heavy (non-hydrogen) atoms. The lowest BCUT2D eigenvalue weighted by molar-refractivity contribution is -0.161. The minimum atomic E-state index is -0.635. The van der Waals surface area contributed by atoms with E-state index in [0.29, 0.717) is 18.6 Å². The zero-order valence-electron chi connectivity index (χ0n) is 18.1. The Morgan fingerprint density at radius 3 is 2.48 bits per heavy atom. The maximum atomic E-state index is 11.7. The molecule has 0 spiro atoms. The normalized spacial score (nSPS) is 11.7. The molecule has 0 aliphatic carbocycles. The van der Waals surface area contributed by atoms with E-state index in [9.17, 15) is 9.59 Å². The van der Waals surface area contributed by atoms with Crippen molar-refractivity contribution in [3.8, 4) is 5.75 Å². The molecule has 1 aromatic rings. The van der Waals surface area contributed by atoms with Gasteiger partial charge in [-0.3, -0.25) is 9.59 Å². The van der Waals surface area contributed by atoms with Gasteiger partial charge in [0.15, 0.2) is 0 Å². The van der Waals surface area contributed by atoms with Crippen molar-refractivity contribution in [1.82, 2.24) is 0 Å². The summed E-state index contributed by atoms with van der Waals surface area (Å²) >= 11 is 0. The van der Waals surface area contributed by atoms with Crippen molar-refractivity contribution in [2.24, 2.45) is 0 Å². The molecule has 0 aliphatic heterocycles. The third-order valence-electron chi connectivity index (χ3n) is 4.74. The minimum Gasteiger partial charge on any atom is -0.469 e. The maximum absolute atomic E-state index is 11.7. The van der Waals surface area contributed by atoms with Crippen molar-refractivity contribution in [3.63, 3.8) is 0 Å². The van der Waals surface area contributed by atoms with E-state index < -0.39 is 6.29 Å². The summed E-state index contributed by atoms with van der Waals surface area (Å²) in [5.41, 5.74) is 2.10. The lowest BCUT2D eigenvalue weighted by Gasteiger charge is -2.22. The summed E-state index contributed by atoms with van der Waals surface area (Å²) in [7, 11) is 1.38. The van der Waals surface area contributed by atoms with Crippen LogP contribution in [0.15, 0.2) is 18.2 Å². The summed E-state index contributed by atoms with van der Waals surface area (Å²) in [6.07, 6.45) is 7.34. The van der Waals surface area contributed by atoms with Crippen LogP contribution in [0.4, 0.5) is 0 Å². The Hall–Kier alpha value is -2.08. The number of hydrogen-bond donors (Lipinski definition) is 1. The lowest BCUT2D eigenvalue weighted by atomic mass is 9.96. The van der Waals surface area contributed by atoms with Crippen molar-refractivity contribution in [2.45, 2.75) is 84.3 Å². The first-order valence-electron chi connectivity index (χ1n) is 10.6. The third kappa shape index (κ3) is 10.3. The van der Waals surface area contributed by atoms with Gasteiger partial charge in [-0.25, -0.2) is 0 Å². The predicted octanol–water partition coefficient (Wildman–Crippen LogP) is 4.35. The topological polar surface area (TPSA) is 82.1 Å². The van der Waals surface area contributed by atoms with Crippen LogP contribution in [0.1, 0.15) is 76.3 Å². The van der Waals surface area contributed by atoms with Crippen molar-refractivity contribution < 1.29 is 28.9 Å². The Kier molecular flexibility index (Phi) is 12.8. The van der Waals surface area contributed by atoms with Gasteiger partial charge in [0.1, 0.15) is 5.75 Å². The van der Waals surface area contributed by atoms with Gasteiger partial charge >= 0.3 is 11.9 Å². The van der Waals surface area contributed by atoms with E-state index >= 15 is 0 Å². The molecule has 0 aliphatic rings. The SMILES string of the molecule is CCCCC(OC(C)=O)Oc1cccc(CCCCCCO)c1CCC(=O)OC. The number of aliphatic hydroxyl groups is 1. The standard InChI is InChI=1S/C23H36O6/c1-4-5-14-23(28-18(2)25)29-21-13-10-12-19(11-8-6-7-9-17-24)20(21)15-16-22(26)27-3/h10,12-13,23-24H,4-9,11,14-17H2,1-3H3. The highest BCUT2D eigenvalue weighted by atomic mass is 16.7. The van der Waals surface area contributed by atoms with Crippen molar-refractivity contribution >= 4 is 11.9 Å². The van der Waals surface area contributed by atoms with Gasteiger partial charge in [0.05, 0.1) is 7.11 Å². The Labute approximate surface area is 174 Å². The predicted molar refractivity (Wildman–Crippen MR) is 112 cm³/mol. The quantitative estimate of drug-likeness (QED) is 0.264. The molecule has 0 amide bonds. The number of methoxy groups -OCH3 is 1. The van der Waals surface area contributed by atoms with E-state index in [-0.39, 0.29) is 25.0 Å². The van der Waals surface area contributed by atoms with Crippen LogP contribution >= 0.6 is 0 Å². The molecule has 0 fully saturated rings. The second-order valence-electron chi connectivity index (χ2n) is 7.16. The fourth-order valence-corrected chi connectivity index (χ4v) is 3.19. The maximum Gasteiger partial charge on any atom is 0.305 e. The van der Waals surface area contributed by atoms with Crippen LogP contribution in [0, 0.1) is 0 Å². The van der Waals surface area contributed by atoms with Crippen LogP contribution in [-0.4, -0.2) is 37.1 Å². The zero-order valence-corrected chi connectivity index (χ0v) is 18.1. The van der Waals surface area contributed by atoms with E-state index in [1.807, 2.05) is 12.1 Å². The number of aryl methyl sites for hydroxylation is 1. The highest BCUT2D eigenvalue weighted by Crippen LogP contribution is 2.28. The molecule has 1 unspecified atom stereocenters. The molecular formula is C23H36O6. The molecule has 6 nitrogen and oxygen atoms in total. The molecule has 0 aromatic heterocycles. The van der Waals surface area contributed by atoms with Crippen molar-refractivity contribution in [1.29, 1.82) is 0 Å². The van der Waals surface area contributed by atoms with E-state index in [2.05, 4.69) is 13.0 Å². The Bertz CT molecular complexity index is 613. The highest BCUT2D eigenvalue weighted by Gasteiger charge is 2.18. The van der Waals surface area contributed by atoms with Gasteiger partial charge in [0.25, 0.3) is 0 Å². The summed E-state index contributed by atoms with van der Waals surface area (Å²) < 4.78 is 16.2. The van der Waals surface area contributed by atoms with Crippen LogP contribution in [-0.2, 0) is 31.9 Å². The fourth-order valence-electron chi connectivity index (χ4n) is 3.19. The molecule has 0 saturated carbocycles. The molecule has 6 heteroatoms. The third-order valence-corrected chi connectivity index (χ3v) is 4.74. The molecule has 0 radical (unpaired) electrons. The largest absolute Gasteiger partial charge is 0.469 e. The number of hydrogen-bond acceptors (Lipinski definition) is 6. The number of carbonyl (C=O) groups excluding carboxylic acids is 2. The number of carbonyl (C=O) groups is 2. The number of esters is 2. The fraction of sp³-hybridized carbons (Fsp3) is 0.652. The molecule has 1 aromatic carbocycles. The Balaban J connectivity index is 2.97. The average molecular weight is 409 g/mol. The summed E-state index contributed by atoms with van der Waals surface area (Å²) in [5, 5.41) is 8.92. The molecule has 1 N–H and O–H groups in total. The van der Waals surface area contributed by atoms with E-state index in [4.69, 9.17) is 19.3 Å². The molecule has 1 atom stereocenters. The van der Waals surface area contributed by atoms with Gasteiger partial charge in [-0.1, -0.05) is 38.3 Å². The van der Waals surface area contributed by atoms with Gasteiger partial charge in [0.2, 0.25) is 6.29 Å². The van der Waals surface area contributed by atoms with Crippen LogP contribution in [0.25, 0.3) is 0 Å². The van der Waals surface area contributed by atoms with E-state index in [1.54, 1.807) is 0 Å². The van der Waals surface area contributed by atoms with Gasteiger partial charge in [-0.2, -0.15) is 0 Å². The molecule has 0 saturated heterocycles. The lowest BCUT2D eigenvalue weighted by Crippen LogP contribution is -2.24. The summed E-state index contributed by atoms with van der Waals surface area (Å²) in [6, 6.07) is 5.85. The van der Waals surface area contributed by atoms with E-state index in [1.165, 1.54) is 14.0 Å². The van der Waals surface area contributed by atoms with Crippen molar-refractivity contribution in [3.05, 3.63) is 29.3 Å².